The van der Waals surface area contributed by atoms with Gasteiger partial charge in [0.1, 0.15) is 17.2 Å². The number of unbranched alkanes of at least 4 members (excludes halogenated alkanes) is 6. The molecule has 3 heterocycles. The number of fused-ring (bicyclic) bond motifs is 1. The zero-order valence-corrected chi connectivity index (χ0v) is 27.9. The zero-order chi connectivity index (χ0) is 32.4. The molecule has 0 saturated heterocycles. The van der Waals surface area contributed by atoms with E-state index >= 15 is 0 Å². The molecule has 3 aromatic heterocycles. The minimum Gasteiger partial charge on any atom is -0.494 e. The predicted molar refractivity (Wildman–Crippen MR) is 190 cm³/mol. The smallest absolute Gasteiger partial charge is 0.291 e. The molecule has 0 unspecified atom stereocenters. The van der Waals surface area contributed by atoms with E-state index in [1.807, 2.05) is 95.8 Å². The molecule has 0 fully saturated rings. The van der Waals surface area contributed by atoms with E-state index in [2.05, 4.69) is 18.9 Å². The first-order chi connectivity index (χ1) is 23.1. The summed E-state index contributed by atoms with van der Waals surface area (Å²) in [5, 5.41) is 9.50. The van der Waals surface area contributed by atoms with Crippen LogP contribution in [0.5, 0.6) is 11.5 Å². The lowest BCUT2D eigenvalue weighted by molar-refractivity contribution is 0.305. The Morgan fingerprint density at radius 1 is 0.723 bits per heavy atom. The number of nitrogens with zero attached hydrogens (tertiary/aromatic N) is 5. The molecule has 6 aromatic rings. The Labute approximate surface area is 279 Å². The third-order valence-electron chi connectivity index (χ3n) is 8.01. The molecule has 0 N–H and O–H groups in total. The number of aromatic nitrogens is 5. The molecule has 47 heavy (non-hydrogen) atoms. The molecule has 0 atom stereocenters. The number of benzene rings is 3. The van der Waals surface area contributed by atoms with Crippen molar-refractivity contribution in [2.24, 2.45) is 0 Å². The molecule has 0 saturated carbocycles. The van der Waals surface area contributed by atoms with E-state index < -0.39 is 0 Å². The van der Waals surface area contributed by atoms with Gasteiger partial charge in [-0.25, -0.2) is 4.68 Å². The summed E-state index contributed by atoms with van der Waals surface area (Å²) in [6.07, 6.45) is 13.2. The molecule has 8 nitrogen and oxygen atoms in total. The van der Waals surface area contributed by atoms with Crippen molar-refractivity contribution < 1.29 is 9.47 Å². The van der Waals surface area contributed by atoms with Crippen molar-refractivity contribution in [1.29, 1.82) is 0 Å². The summed E-state index contributed by atoms with van der Waals surface area (Å²) < 4.78 is 15.6. The average molecular weight is 648 g/mol. The SMILES string of the molecule is CCCCCCOc1ccc(-c2nc3sc(=Cc4cn(-c5ccccc5)nc4-c4ccc(OCCCCCC)cc4)c(=O)n3n2)cc1. The standard InChI is InChI=1S/C38H41N5O3S/c1-3-5-7-12-24-45-32-20-16-28(17-21-32)35-30(27-42(40-35)31-14-10-9-11-15-31)26-34-37(44)43-38(47-34)39-36(41-43)29-18-22-33(23-19-29)46-25-13-8-6-4-2/h9-11,14-23,26-27H,3-8,12-13,24-25H2,1-2H3. The highest BCUT2D eigenvalue weighted by molar-refractivity contribution is 7.15. The molecule has 242 valence electrons. The fraction of sp³-hybridized carbons (Fsp3) is 0.316. The van der Waals surface area contributed by atoms with Crippen LogP contribution >= 0.6 is 11.3 Å². The quantitative estimate of drug-likeness (QED) is 0.0987. The number of para-hydroxylation sites is 1. The maximum atomic E-state index is 13.5. The van der Waals surface area contributed by atoms with Crippen molar-refractivity contribution >= 4 is 22.4 Å². The average Bonchev–Trinajstić information content (AvgIpc) is 3.80. The monoisotopic (exact) mass is 647 g/mol. The van der Waals surface area contributed by atoms with Crippen LogP contribution in [0.3, 0.4) is 0 Å². The molecule has 0 aliphatic carbocycles. The van der Waals surface area contributed by atoms with Gasteiger partial charge in [0, 0.05) is 22.9 Å². The van der Waals surface area contributed by atoms with Crippen LogP contribution in [0.15, 0.2) is 89.9 Å². The van der Waals surface area contributed by atoms with Crippen LogP contribution in [0.4, 0.5) is 0 Å². The molecule has 0 spiro atoms. The molecule has 3 aromatic carbocycles. The molecule has 0 aliphatic rings. The lowest BCUT2D eigenvalue weighted by atomic mass is 10.1. The van der Waals surface area contributed by atoms with Crippen LogP contribution in [-0.2, 0) is 0 Å². The van der Waals surface area contributed by atoms with Crippen molar-refractivity contribution in [3.05, 3.63) is 106 Å². The van der Waals surface area contributed by atoms with Gasteiger partial charge in [-0.2, -0.15) is 14.6 Å². The first kappa shape index (κ1) is 32.2. The molecule has 9 heteroatoms. The van der Waals surface area contributed by atoms with Crippen LogP contribution in [0.2, 0.25) is 0 Å². The minimum absolute atomic E-state index is 0.207. The van der Waals surface area contributed by atoms with Gasteiger partial charge in [0.15, 0.2) is 5.82 Å². The van der Waals surface area contributed by atoms with E-state index in [-0.39, 0.29) is 5.56 Å². The number of thiazole rings is 1. The van der Waals surface area contributed by atoms with E-state index in [9.17, 15) is 4.79 Å². The van der Waals surface area contributed by atoms with Crippen molar-refractivity contribution in [2.75, 3.05) is 13.2 Å². The minimum atomic E-state index is -0.207. The highest BCUT2D eigenvalue weighted by Crippen LogP contribution is 2.27. The Balaban J connectivity index is 1.25. The Kier molecular flexibility index (Phi) is 10.7. The first-order valence-electron chi connectivity index (χ1n) is 16.7. The van der Waals surface area contributed by atoms with Gasteiger partial charge in [-0.1, -0.05) is 81.9 Å². The van der Waals surface area contributed by atoms with Gasteiger partial charge in [-0.15, -0.1) is 5.10 Å². The number of hydrogen-bond acceptors (Lipinski definition) is 7. The second kappa shape index (κ2) is 15.7. The van der Waals surface area contributed by atoms with Gasteiger partial charge in [0.25, 0.3) is 5.56 Å². The normalized spacial score (nSPS) is 11.8. The van der Waals surface area contributed by atoms with Gasteiger partial charge in [-0.3, -0.25) is 4.79 Å². The molecule has 0 aliphatic heterocycles. The lowest BCUT2D eigenvalue weighted by Crippen LogP contribution is -2.23. The van der Waals surface area contributed by atoms with Crippen LogP contribution in [0.1, 0.15) is 70.8 Å². The number of hydrogen-bond donors (Lipinski definition) is 0. The Bertz CT molecular complexity index is 1980. The summed E-state index contributed by atoms with van der Waals surface area (Å²) in [5.41, 5.74) is 4.10. The van der Waals surface area contributed by atoms with Crippen LogP contribution in [0.25, 0.3) is 39.4 Å². The van der Waals surface area contributed by atoms with Crippen molar-refractivity contribution in [3.8, 4) is 39.8 Å². The van der Waals surface area contributed by atoms with Gasteiger partial charge in [-0.05, 0) is 79.6 Å². The maximum absolute atomic E-state index is 13.5. The van der Waals surface area contributed by atoms with E-state index in [4.69, 9.17) is 19.6 Å². The molecular weight excluding hydrogens is 607 g/mol. The van der Waals surface area contributed by atoms with E-state index in [0.29, 0.717) is 28.5 Å². The van der Waals surface area contributed by atoms with Crippen molar-refractivity contribution in [3.63, 3.8) is 0 Å². The van der Waals surface area contributed by atoms with E-state index in [1.165, 1.54) is 54.4 Å². The second-order valence-electron chi connectivity index (χ2n) is 11.6. The van der Waals surface area contributed by atoms with E-state index in [1.54, 1.807) is 0 Å². The van der Waals surface area contributed by atoms with Crippen LogP contribution < -0.4 is 19.6 Å². The summed E-state index contributed by atoms with van der Waals surface area (Å²) in [6, 6.07) is 25.7. The van der Waals surface area contributed by atoms with Gasteiger partial charge >= 0.3 is 0 Å². The van der Waals surface area contributed by atoms with Gasteiger partial charge in [0.2, 0.25) is 4.96 Å². The van der Waals surface area contributed by atoms with Crippen molar-refractivity contribution in [1.82, 2.24) is 24.4 Å². The second-order valence-corrected chi connectivity index (χ2v) is 12.6. The highest BCUT2D eigenvalue weighted by Gasteiger charge is 2.15. The predicted octanol–water partition coefficient (Wildman–Crippen LogP) is 8.14. The molecule has 0 amide bonds. The Morgan fingerprint density at radius 2 is 1.34 bits per heavy atom. The molecule has 0 radical (unpaired) electrons. The highest BCUT2D eigenvalue weighted by atomic mass is 32.1. The summed E-state index contributed by atoms with van der Waals surface area (Å²) in [6.45, 7) is 5.83. The summed E-state index contributed by atoms with van der Waals surface area (Å²) in [4.78, 5) is 18.8. The third kappa shape index (κ3) is 7.97. The molecule has 0 bridgehead atoms. The Hall–Kier alpha value is -4.76. The lowest BCUT2D eigenvalue weighted by Gasteiger charge is -2.07. The van der Waals surface area contributed by atoms with Crippen LogP contribution in [-0.4, -0.2) is 37.6 Å². The third-order valence-corrected chi connectivity index (χ3v) is 8.96. The summed E-state index contributed by atoms with van der Waals surface area (Å²) in [7, 11) is 0. The first-order valence-corrected chi connectivity index (χ1v) is 17.5. The summed E-state index contributed by atoms with van der Waals surface area (Å²) in [5.74, 6) is 2.18. The Morgan fingerprint density at radius 3 is 1.94 bits per heavy atom. The van der Waals surface area contributed by atoms with Gasteiger partial charge in [0.05, 0.1) is 23.4 Å². The topological polar surface area (TPSA) is 83.5 Å². The summed E-state index contributed by atoms with van der Waals surface area (Å²) >= 11 is 1.32. The number of rotatable bonds is 16. The fourth-order valence-electron chi connectivity index (χ4n) is 5.37. The largest absolute Gasteiger partial charge is 0.494 e. The fourth-order valence-corrected chi connectivity index (χ4v) is 6.27. The molecule has 6 rings (SSSR count). The maximum Gasteiger partial charge on any atom is 0.291 e. The van der Waals surface area contributed by atoms with E-state index in [0.717, 1.165) is 52.4 Å². The zero-order valence-electron chi connectivity index (χ0n) is 27.1. The van der Waals surface area contributed by atoms with Crippen molar-refractivity contribution in [2.45, 2.75) is 65.2 Å². The molecular formula is C38H41N5O3S. The van der Waals surface area contributed by atoms with Gasteiger partial charge < -0.3 is 9.47 Å². The number of ether oxygens (including phenoxy) is 2. The van der Waals surface area contributed by atoms with Crippen LogP contribution in [0, 0.1) is 0 Å².